The van der Waals surface area contributed by atoms with Gasteiger partial charge in [-0.05, 0) is 55.3 Å². The number of amides is 1. The van der Waals surface area contributed by atoms with E-state index in [-0.39, 0.29) is 24.3 Å². The summed E-state index contributed by atoms with van der Waals surface area (Å²) >= 11 is 0. The van der Waals surface area contributed by atoms with Crippen molar-refractivity contribution in [2.75, 3.05) is 32.1 Å². The van der Waals surface area contributed by atoms with Crippen molar-refractivity contribution in [3.8, 4) is 22.8 Å². The van der Waals surface area contributed by atoms with E-state index in [2.05, 4.69) is 21.9 Å². The predicted octanol–water partition coefficient (Wildman–Crippen LogP) is 4.61. The molecule has 2 aromatic carbocycles. The van der Waals surface area contributed by atoms with E-state index in [0.29, 0.717) is 42.5 Å². The standard InChI is InChI=1S/C29H30N6O4/c1-3-24(36)34-17-7-8-21(18-34)35-29-26(28(31-19-32-29)30-16-15-25(37)38-2)27(33-35)20-11-13-23(14-12-20)39-22-9-5-4-6-10-22/h3-6,9-14,19,21H,1,7-8,15-18H2,2H3,(H,30,31,32)/t21-/m1/s1. The lowest BCUT2D eigenvalue weighted by Gasteiger charge is -2.32. The van der Waals surface area contributed by atoms with Gasteiger partial charge in [0, 0.05) is 25.2 Å². The van der Waals surface area contributed by atoms with Crippen LogP contribution in [0.1, 0.15) is 25.3 Å². The first-order chi connectivity index (χ1) is 19.1. The first kappa shape index (κ1) is 25.9. The zero-order chi connectivity index (χ0) is 27.2. The number of likely N-dealkylation sites (tertiary alicyclic amines) is 1. The lowest BCUT2D eigenvalue weighted by atomic mass is 10.1. The van der Waals surface area contributed by atoms with Crippen molar-refractivity contribution in [3.63, 3.8) is 0 Å². The quantitative estimate of drug-likeness (QED) is 0.249. The number of carbonyl (C=O) groups is 2. The van der Waals surface area contributed by atoms with Crippen LogP contribution >= 0.6 is 0 Å². The van der Waals surface area contributed by atoms with Gasteiger partial charge < -0.3 is 19.7 Å². The van der Waals surface area contributed by atoms with Crippen LogP contribution in [-0.4, -0.2) is 63.3 Å². The van der Waals surface area contributed by atoms with Crippen molar-refractivity contribution >= 4 is 28.7 Å². The molecule has 0 radical (unpaired) electrons. The van der Waals surface area contributed by atoms with Gasteiger partial charge in [-0.3, -0.25) is 9.59 Å². The summed E-state index contributed by atoms with van der Waals surface area (Å²) in [4.78, 5) is 34.9. The normalized spacial score (nSPS) is 15.1. The Morgan fingerprint density at radius 3 is 2.62 bits per heavy atom. The van der Waals surface area contributed by atoms with Gasteiger partial charge in [0.1, 0.15) is 29.3 Å². The van der Waals surface area contributed by atoms with Crippen LogP contribution in [0.3, 0.4) is 0 Å². The minimum atomic E-state index is -0.313. The van der Waals surface area contributed by atoms with Crippen LogP contribution in [0.25, 0.3) is 22.3 Å². The van der Waals surface area contributed by atoms with Crippen LogP contribution in [0.15, 0.2) is 73.6 Å². The number of aromatic nitrogens is 4. The second-order valence-electron chi connectivity index (χ2n) is 9.19. The number of para-hydroxylation sites is 1. The topological polar surface area (TPSA) is 111 Å². The maximum Gasteiger partial charge on any atom is 0.307 e. The van der Waals surface area contributed by atoms with Crippen molar-refractivity contribution in [2.45, 2.75) is 25.3 Å². The molecule has 39 heavy (non-hydrogen) atoms. The number of esters is 1. The smallest absolute Gasteiger partial charge is 0.307 e. The highest BCUT2D eigenvalue weighted by Gasteiger charge is 2.28. The van der Waals surface area contributed by atoms with Crippen molar-refractivity contribution in [1.82, 2.24) is 24.6 Å². The predicted molar refractivity (Wildman–Crippen MR) is 147 cm³/mol. The molecule has 10 nitrogen and oxygen atoms in total. The molecule has 3 heterocycles. The van der Waals surface area contributed by atoms with Crippen LogP contribution in [-0.2, 0) is 14.3 Å². The van der Waals surface area contributed by atoms with Crippen LogP contribution in [0.4, 0.5) is 5.82 Å². The molecule has 1 fully saturated rings. The third-order valence-corrected chi connectivity index (χ3v) is 6.67. The summed E-state index contributed by atoms with van der Waals surface area (Å²) < 4.78 is 12.6. The van der Waals surface area contributed by atoms with E-state index in [1.807, 2.05) is 59.3 Å². The fourth-order valence-electron chi connectivity index (χ4n) is 4.74. The van der Waals surface area contributed by atoms with Crippen LogP contribution in [0.2, 0.25) is 0 Å². The van der Waals surface area contributed by atoms with E-state index in [9.17, 15) is 9.59 Å². The Morgan fingerprint density at radius 2 is 1.87 bits per heavy atom. The van der Waals surface area contributed by atoms with Crippen LogP contribution in [0.5, 0.6) is 11.5 Å². The second-order valence-corrected chi connectivity index (χ2v) is 9.19. The van der Waals surface area contributed by atoms with E-state index >= 15 is 0 Å². The highest BCUT2D eigenvalue weighted by molar-refractivity contribution is 5.99. The lowest BCUT2D eigenvalue weighted by Crippen LogP contribution is -2.40. The van der Waals surface area contributed by atoms with Crippen LogP contribution < -0.4 is 10.1 Å². The van der Waals surface area contributed by atoms with E-state index in [0.717, 1.165) is 29.5 Å². The highest BCUT2D eigenvalue weighted by atomic mass is 16.5. The number of carbonyl (C=O) groups excluding carboxylic acids is 2. The fraction of sp³-hybridized carbons (Fsp3) is 0.276. The van der Waals surface area contributed by atoms with Crippen molar-refractivity contribution < 1.29 is 19.1 Å². The monoisotopic (exact) mass is 526 g/mol. The SMILES string of the molecule is C=CC(=O)N1CCC[C@@H](n2nc(-c3ccc(Oc4ccccc4)cc3)c3c(NCCC(=O)OC)ncnc32)C1. The third-order valence-electron chi connectivity index (χ3n) is 6.67. The number of hydrogen-bond acceptors (Lipinski definition) is 8. The van der Waals surface area contributed by atoms with E-state index in [1.165, 1.54) is 19.5 Å². The summed E-state index contributed by atoms with van der Waals surface area (Å²) in [6.45, 7) is 5.18. The maximum atomic E-state index is 12.3. The lowest BCUT2D eigenvalue weighted by molar-refractivity contribution is -0.140. The van der Waals surface area contributed by atoms with E-state index in [4.69, 9.17) is 14.6 Å². The molecular weight excluding hydrogens is 496 g/mol. The van der Waals surface area contributed by atoms with E-state index < -0.39 is 0 Å². The van der Waals surface area contributed by atoms with Gasteiger partial charge in [-0.1, -0.05) is 24.8 Å². The van der Waals surface area contributed by atoms with Crippen LogP contribution in [0, 0.1) is 0 Å². The third kappa shape index (κ3) is 5.74. The molecule has 1 atom stereocenters. The molecule has 1 N–H and O–H groups in total. The second kappa shape index (κ2) is 11.8. The minimum absolute atomic E-state index is 0.0580. The van der Waals surface area contributed by atoms with Gasteiger partial charge >= 0.3 is 5.97 Å². The van der Waals surface area contributed by atoms with Crippen molar-refractivity contribution in [1.29, 1.82) is 0 Å². The van der Waals surface area contributed by atoms with E-state index in [1.54, 1.807) is 4.90 Å². The number of nitrogens with zero attached hydrogens (tertiary/aromatic N) is 5. The average molecular weight is 527 g/mol. The number of nitrogens with one attached hydrogen (secondary N) is 1. The summed E-state index contributed by atoms with van der Waals surface area (Å²) in [7, 11) is 1.36. The summed E-state index contributed by atoms with van der Waals surface area (Å²) in [6.07, 6.45) is 4.73. The zero-order valence-corrected chi connectivity index (χ0v) is 21.7. The minimum Gasteiger partial charge on any atom is -0.469 e. The number of methoxy groups -OCH3 is 1. The molecule has 0 saturated carbocycles. The Morgan fingerprint density at radius 1 is 1.10 bits per heavy atom. The first-order valence-corrected chi connectivity index (χ1v) is 12.9. The highest BCUT2D eigenvalue weighted by Crippen LogP contribution is 2.35. The molecule has 1 amide bonds. The number of fused-ring (bicyclic) bond motifs is 1. The summed E-state index contributed by atoms with van der Waals surface area (Å²) in [5.74, 6) is 1.62. The Labute approximate surface area is 226 Å². The molecule has 200 valence electrons. The molecule has 10 heteroatoms. The van der Waals surface area contributed by atoms with Gasteiger partial charge in [-0.25, -0.2) is 14.6 Å². The Bertz CT molecular complexity index is 1470. The number of anilines is 1. The van der Waals surface area contributed by atoms with Gasteiger partial charge in [0.15, 0.2) is 5.65 Å². The van der Waals surface area contributed by atoms with Gasteiger partial charge in [0.2, 0.25) is 5.91 Å². The molecule has 5 rings (SSSR count). The van der Waals surface area contributed by atoms with Gasteiger partial charge in [0.05, 0.1) is 25.0 Å². The molecule has 0 spiro atoms. The Hall–Kier alpha value is -4.73. The molecule has 4 aromatic rings. The summed E-state index contributed by atoms with van der Waals surface area (Å²) in [5.41, 5.74) is 2.22. The molecule has 2 aromatic heterocycles. The molecule has 1 aliphatic heterocycles. The average Bonchev–Trinajstić information content (AvgIpc) is 3.38. The fourth-order valence-corrected chi connectivity index (χ4v) is 4.74. The number of rotatable bonds is 9. The number of ether oxygens (including phenoxy) is 2. The Balaban J connectivity index is 1.52. The molecule has 1 saturated heterocycles. The first-order valence-electron chi connectivity index (χ1n) is 12.9. The molecule has 0 bridgehead atoms. The van der Waals surface area contributed by atoms with Gasteiger partial charge in [-0.15, -0.1) is 0 Å². The molecule has 0 unspecified atom stereocenters. The zero-order valence-electron chi connectivity index (χ0n) is 21.7. The largest absolute Gasteiger partial charge is 0.469 e. The summed E-state index contributed by atoms with van der Waals surface area (Å²) in [5, 5.41) is 9.01. The summed E-state index contributed by atoms with van der Waals surface area (Å²) in [6, 6.07) is 17.2. The van der Waals surface area contributed by atoms with Crippen molar-refractivity contribution in [3.05, 3.63) is 73.6 Å². The molecular formula is C29H30N6O4. The Kier molecular flexibility index (Phi) is 7.81. The maximum absolute atomic E-state index is 12.3. The number of benzene rings is 2. The van der Waals surface area contributed by atoms with Gasteiger partial charge in [-0.2, -0.15) is 5.10 Å². The molecule has 1 aliphatic rings. The number of piperidine rings is 1. The van der Waals surface area contributed by atoms with Crippen molar-refractivity contribution in [2.24, 2.45) is 0 Å². The number of hydrogen-bond donors (Lipinski definition) is 1. The van der Waals surface area contributed by atoms with Gasteiger partial charge in [0.25, 0.3) is 0 Å². The molecule has 0 aliphatic carbocycles.